The lowest BCUT2D eigenvalue weighted by Gasteiger charge is -2.36. The summed E-state index contributed by atoms with van der Waals surface area (Å²) >= 11 is 0. The Morgan fingerprint density at radius 1 is 1.00 bits per heavy atom. The van der Waals surface area contributed by atoms with E-state index in [1.807, 2.05) is 48.5 Å². The van der Waals surface area contributed by atoms with E-state index in [2.05, 4.69) is 10.3 Å². The van der Waals surface area contributed by atoms with Gasteiger partial charge in [-0.3, -0.25) is 14.5 Å². The molecule has 4 heterocycles. The summed E-state index contributed by atoms with van der Waals surface area (Å²) < 4.78 is 10.6. The molecule has 2 atom stereocenters. The number of ether oxygens (including phenoxy) is 1. The van der Waals surface area contributed by atoms with Gasteiger partial charge in [-0.05, 0) is 65.7 Å². The summed E-state index contributed by atoms with van der Waals surface area (Å²) in [5.74, 6) is 0.773. The van der Waals surface area contributed by atoms with Gasteiger partial charge in [0.2, 0.25) is 0 Å². The predicted molar refractivity (Wildman–Crippen MR) is 152 cm³/mol. The van der Waals surface area contributed by atoms with Crippen LogP contribution in [0.2, 0.25) is 0 Å². The van der Waals surface area contributed by atoms with Crippen molar-refractivity contribution in [2.45, 2.75) is 25.0 Å². The van der Waals surface area contributed by atoms with E-state index < -0.39 is 18.1 Å². The summed E-state index contributed by atoms with van der Waals surface area (Å²) in [6.45, 7) is 0.259. The van der Waals surface area contributed by atoms with Crippen molar-refractivity contribution in [3.8, 4) is 5.75 Å². The van der Waals surface area contributed by atoms with Crippen molar-refractivity contribution in [3.05, 3.63) is 119 Å². The Kier molecular flexibility index (Phi) is 5.85. The molecule has 7 rings (SSSR count). The zero-order chi connectivity index (χ0) is 28.1. The van der Waals surface area contributed by atoms with Crippen LogP contribution in [0.3, 0.4) is 0 Å². The number of hydrogen-bond acceptors (Lipinski definition) is 5. The average Bonchev–Trinajstić information content (AvgIpc) is 3.72. The largest absolute Gasteiger partial charge is 0.497 e. The molecule has 41 heavy (non-hydrogen) atoms. The standard InChI is InChI=1S/C32H26N4O5/c1-40-22-14-10-19(11-15-22)29-28-25(24-6-2-3-7-26(24)34-28)17-27-31(38)35(32(39)36(27)29)21-12-8-20(9-13-21)30(37)33-18-23-5-4-16-41-23/h2-16,27,29,34H,17-18H2,1H3,(H,33,37). The first-order chi connectivity index (χ1) is 20.0. The fraction of sp³-hybridized carbons (Fsp3) is 0.156. The number of urea groups is 1. The molecule has 0 aliphatic carbocycles. The van der Waals surface area contributed by atoms with E-state index in [1.54, 1.807) is 54.7 Å². The lowest BCUT2D eigenvalue weighted by Crippen LogP contribution is -2.44. The number of carbonyl (C=O) groups is 3. The van der Waals surface area contributed by atoms with E-state index >= 15 is 0 Å². The van der Waals surface area contributed by atoms with Crippen LogP contribution in [0.4, 0.5) is 10.5 Å². The molecule has 2 unspecified atom stereocenters. The number of anilines is 1. The van der Waals surface area contributed by atoms with Crippen LogP contribution >= 0.6 is 0 Å². The summed E-state index contributed by atoms with van der Waals surface area (Å²) in [6, 6.07) is 24.0. The Bertz CT molecular complexity index is 1770. The molecule has 0 saturated carbocycles. The molecular weight excluding hydrogens is 520 g/mol. The van der Waals surface area contributed by atoms with Crippen LogP contribution in [0, 0.1) is 0 Å². The van der Waals surface area contributed by atoms with Crippen molar-refractivity contribution >= 4 is 34.4 Å². The van der Waals surface area contributed by atoms with Crippen molar-refractivity contribution in [1.29, 1.82) is 0 Å². The Morgan fingerprint density at radius 2 is 1.78 bits per heavy atom. The summed E-state index contributed by atoms with van der Waals surface area (Å²) in [4.78, 5) is 47.0. The van der Waals surface area contributed by atoms with E-state index in [9.17, 15) is 14.4 Å². The number of fused-ring (bicyclic) bond motifs is 4. The number of aromatic amines is 1. The molecule has 1 fully saturated rings. The molecule has 9 nitrogen and oxygen atoms in total. The molecule has 0 bridgehead atoms. The summed E-state index contributed by atoms with van der Waals surface area (Å²) in [5, 5.41) is 3.85. The van der Waals surface area contributed by atoms with Gasteiger partial charge in [0.1, 0.15) is 23.6 Å². The van der Waals surface area contributed by atoms with Gasteiger partial charge < -0.3 is 19.5 Å². The minimum atomic E-state index is -0.669. The highest BCUT2D eigenvalue weighted by Crippen LogP contribution is 2.45. The molecule has 5 aromatic rings. The lowest BCUT2D eigenvalue weighted by molar-refractivity contribution is -0.120. The molecule has 2 aliphatic rings. The first-order valence-electron chi connectivity index (χ1n) is 13.3. The Hall–Kier alpha value is -5.31. The van der Waals surface area contributed by atoms with Crippen molar-refractivity contribution in [1.82, 2.24) is 15.2 Å². The van der Waals surface area contributed by atoms with Gasteiger partial charge in [-0.15, -0.1) is 0 Å². The van der Waals surface area contributed by atoms with Crippen molar-refractivity contribution in [2.24, 2.45) is 0 Å². The number of nitrogens with one attached hydrogen (secondary N) is 2. The molecule has 204 valence electrons. The molecular formula is C32H26N4O5. The highest BCUT2D eigenvalue weighted by molar-refractivity contribution is 6.22. The van der Waals surface area contributed by atoms with Gasteiger partial charge in [0.05, 0.1) is 25.6 Å². The second-order valence-electron chi connectivity index (χ2n) is 10.1. The Labute approximate surface area is 235 Å². The molecule has 9 heteroatoms. The highest BCUT2D eigenvalue weighted by Gasteiger charge is 2.53. The number of para-hydroxylation sites is 1. The smallest absolute Gasteiger partial charge is 0.332 e. The van der Waals surface area contributed by atoms with Gasteiger partial charge in [-0.25, -0.2) is 9.69 Å². The van der Waals surface area contributed by atoms with Crippen molar-refractivity contribution < 1.29 is 23.5 Å². The molecule has 2 aromatic heterocycles. The van der Waals surface area contributed by atoms with Crippen LogP contribution in [0.15, 0.2) is 95.6 Å². The predicted octanol–water partition coefficient (Wildman–Crippen LogP) is 5.18. The zero-order valence-corrected chi connectivity index (χ0v) is 22.2. The minimum absolute atomic E-state index is 0.259. The number of rotatable bonds is 6. The maximum atomic E-state index is 14.0. The van der Waals surface area contributed by atoms with E-state index in [0.717, 1.165) is 27.7 Å². The number of amides is 4. The van der Waals surface area contributed by atoms with E-state index in [0.29, 0.717) is 29.2 Å². The second-order valence-corrected chi connectivity index (χ2v) is 10.1. The molecule has 2 N–H and O–H groups in total. The summed E-state index contributed by atoms with van der Waals surface area (Å²) in [6.07, 6.45) is 1.95. The van der Waals surface area contributed by atoms with Gasteiger partial charge in [0.15, 0.2) is 0 Å². The van der Waals surface area contributed by atoms with E-state index in [-0.39, 0.29) is 18.4 Å². The van der Waals surface area contributed by atoms with Crippen LogP contribution in [-0.4, -0.2) is 40.9 Å². The number of carbonyl (C=O) groups excluding carboxylic acids is 3. The maximum Gasteiger partial charge on any atom is 0.332 e. The molecule has 4 amide bonds. The Morgan fingerprint density at radius 3 is 2.51 bits per heavy atom. The molecule has 0 spiro atoms. The molecule has 2 aliphatic heterocycles. The van der Waals surface area contributed by atoms with Gasteiger partial charge in [-0.2, -0.15) is 0 Å². The molecule has 0 radical (unpaired) electrons. The SMILES string of the molecule is COc1ccc(C2c3[nH]c4ccccc4c3CC3C(=O)N(c4ccc(C(=O)NCc5ccco5)cc4)C(=O)N32)cc1. The second kappa shape index (κ2) is 9.71. The number of hydrogen-bond donors (Lipinski definition) is 2. The lowest BCUT2D eigenvalue weighted by atomic mass is 9.89. The highest BCUT2D eigenvalue weighted by atomic mass is 16.5. The van der Waals surface area contributed by atoms with Gasteiger partial charge >= 0.3 is 6.03 Å². The number of aromatic nitrogens is 1. The first kappa shape index (κ1) is 24.7. The minimum Gasteiger partial charge on any atom is -0.497 e. The van der Waals surface area contributed by atoms with Crippen LogP contribution < -0.4 is 15.0 Å². The number of furan rings is 1. The normalized spacial score (nSPS) is 18.0. The number of imide groups is 1. The van der Waals surface area contributed by atoms with Gasteiger partial charge in [-0.1, -0.05) is 30.3 Å². The molecule has 1 saturated heterocycles. The number of methoxy groups -OCH3 is 1. The van der Waals surface area contributed by atoms with Crippen LogP contribution in [0.5, 0.6) is 5.75 Å². The quantitative estimate of drug-likeness (QED) is 0.285. The van der Waals surface area contributed by atoms with Crippen LogP contribution in [0.25, 0.3) is 10.9 Å². The van der Waals surface area contributed by atoms with E-state index in [1.165, 1.54) is 4.90 Å². The monoisotopic (exact) mass is 546 g/mol. The average molecular weight is 547 g/mol. The fourth-order valence-corrected chi connectivity index (χ4v) is 5.89. The number of nitrogens with zero attached hydrogens (tertiary/aromatic N) is 2. The third kappa shape index (κ3) is 4.05. The van der Waals surface area contributed by atoms with Gasteiger partial charge in [0, 0.05) is 28.6 Å². The zero-order valence-electron chi connectivity index (χ0n) is 22.2. The third-order valence-electron chi connectivity index (χ3n) is 7.87. The fourth-order valence-electron chi connectivity index (χ4n) is 5.89. The van der Waals surface area contributed by atoms with Crippen molar-refractivity contribution in [2.75, 3.05) is 12.0 Å². The number of benzene rings is 3. The van der Waals surface area contributed by atoms with Crippen LogP contribution in [0.1, 0.15) is 39.0 Å². The van der Waals surface area contributed by atoms with Crippen LogP contribution in [-0.2, 0) is 17.8 Å². The van der Waals surface area contributed by atoms with Crippen molar-refractivity contribution in [3.63, 3.8) is 0 Å². The molecule has 3 aromatic carbocycles. The first-order valence-corrected chi connectivity index (χ1v) is 13.3. The van der Waals surface area contributed by atoms with E-state index in [4.69, 9.17) is 9.15 Å². The number of H-pyrrole nitrogens is 1. The Balaban J connectivity index is 1.22. The maximum absolute atomic E-state index is 14.0. The topological polar surface area (TPSA) is 108 Å². The summed E-state index contributed by atoms with van der Waals surface area (Å²) in [5.41, 5.74) is 4.60. The third-order valence-corrected chi connectivity index (χ3v) is 7.87. The van der Waals surface area contributed by atoms with Gasteiger partial charge in [0.25, 0.3) is 11.8 Å². The summed E-state index contributed by atoms with van der Waals surface area (Å²) in [7, 11) is 1.61.